The Morgan fingerprint density at radius 3 is 3.00 bits per heavy atom. The number of fused-ring (bicyclic) bond motifs is 1. The Bertz CT molecular complexity index is 758. The van der Waals surface area contributed by atoms with Gasteiger partial charge in [0.15, 0.2) is 5.65 Å². The van der Waals surface area contributed by atoms with Gasteiger partial charge in [-0.05, 0) is 19.3 Å². The van der Waals surface area contributed by atoms with Crippen LogP contribution in [0.25, 0.3) is 5.65 Å². The van der Waals surface area contributed by atoms with Gasteiger partial charge in [0, 0.05) is 45.1 Å². The van der Waals surface area contributed by atoms with Gasteiger partial charge in [0.1, 0.15) is 6.33 Å². The van der Waals surface area contributed by atoms with Crippen molar-refractivity contribution >= 4 is 23.4 Å². The smallest absolute Gasteiger partial charge is 0.227 e. The zero-order valence-electron chi connectivity index (χ0n) is 14.4. The lowest BCUT2D eigenvalue weighted by molar-refractivity contribution is -0.127. The van der Waals surface area contributed by atoms with Gasteiger partial charge in [0.25, 0.3) is 0 Å². The first-order valence-corrected chi connectivity index (χ1v) is 8.59. The zero-order chi connectivity index (χ0) is 17.6. The second-order valence-corrected chi connectivity index (χ2v) is 6.04. The van der Waals surface area contributed by atoms with E-state index in [-0.39, 0.29) is 11.8 Å². The highest BCUT2D eigenvalue weighted by atomic mass is 16.2. The molecule has 0 atom stereocenters. The summed E-state index contributed by atoms with van der Waals surface area (Å²) in [4.78, 5) is 33.7. The van der Waals surface area contributed by atoms with Gasteiger partial charge in [-0.2, -0.15) is 9.61 Å². The molecule has 134 valence electrons. The van der Waals surface area contributed by atoms with E-state index in [0.717, 1.165) is 31.5 Å². The first kappa shape index (κ1) is 17.1. The van der Waals surface area contributed by atoms with Crippen LogP contribution < -0.4 is 10.6 Å². The van der Waals surface area contributed by atoms with Crippen LogP contribution in [0.3, 0.4) is 0 Å². The molecule has 9 heteroatoms. The lowest BCUT2D eigenvalue weighted by atomic mass is 10.2. The molecular formula is C16H23N7O2. The van der Waals surface area contributed by atoms with E-state index in [1.54, 1.807) is 17.8 Å². The highest BCUT2D eigenvalue weighted by molar-refractivity contribution is 5.78. The predicted molar refractivity (Wildman–Crippen MR) is 92.1 cm³/mol. The number of nitrogens with zero attached hydrogens (tertiary/aromatic N) is 5. The topological polar surface area (TPSA) is 105 Å². The standard InChI is InChI=1S/C16H23N7O2/c1-17-16-20-11-19-15-12(10-21-23(15)16)5-6-13(24)18-7-3-9-22-8-2-4-14(22)25/h10-11H,2-9H2,1H3,(H,18,24)(H,17,19,20). The van der Waals surface area contributed by atoms with Gasteiger partial charge in [-0.15, -0.1) is 0 Å². The largest absolute Gasteiger partial charge is 0.357 e. The van der Waals surface area contributed by atoms with Crippen molar-refractivity contribution in [3.05, 3.63) is 18.1 Å². The molecule has 1 aliphatic rings. The molecule has 2 aromatic heterocycles. The van der Waals surface area contributed by atoms with E-state index in [1.807, 2.05) is 4.90 Å². The van der Waals surface area contributed by atoms with Crippen LogP contribution in [-0.4, -0.2) is 63.0 Å². The molecule has 0 aromatic carbocycles. The molecule has 2 N–H and O–H groups in total. The van der Waals surface area contributed by atoms with Crippen molar-refractivity contribution in [1.82, 2.24) is 29.8 Å². The number of aromatic nitrogens is 4. The third kappa shape index (κ3) is 4.04. The van der Waals surface area contributed by atoms with Gasteiger partial charge in [0.2, 0.25) is 17.8 Å². The Labute approximate surface area is 145 Å². The number of carbonyl (C=O) groups is 2. The summed E-state index contributed by atoms with van der Waals surface area (Å²) in [7, 11) is 1.77. The van der Waals surface area contributed by atoms with Crippen molar-refractivity contribution in [2.45, 2.75) is 32.1 Å². The molecular weight excluding hydrogens is 322 g/mol. The molecule has 9 nitrogen and oxygen atoms in total. The van der Waals surface area contributed by atoms with Crippen LogP contribution in [0.1, 0.15) is 31.2 Å². The van der Waals surface area contributed by atoms with Crippen molar-refractivity contribution in [3.63, 3.8) is 0 Å². The van der Waals surface area contributed by atoms with Crippen LogP contribution in [-0.2, 0) is 16.0 Å². The monoisotopic (exact) mass is 345 g/mol. The van der Waals surface area contributed by atoms with Crippen LogP contribution in [0.2, 0.25) is 0 Å². The van der Waals surface area contributed by atoms with Gasteiger partial charge in [-0.3, -0.25) is 9.59 Å². The minimum atomic E-state index is -0.00463. The minimum Gasteiger partial charge on any atom is -0.357 e. The Balaban J connectivity index is 1.42. The molecule has 0 aliphatic carbocycles. The van der Waals surface area contributed by atoms with E-state index >= 15 is 0 Å². The maximum absolute atomic E-state index is 12.0. The van der Waals surface area contributed by atoms with Crippen LogP contribution in [0.15, 0.2) is 12.5 Å². The van der Waals surface area contributed by atoms with Crippen LogP contribution in [0.5, 0.6) is 0 Å². The lowest BCUT2D eigenvalue weighted by Crippen LogP contribution is -2.30. The van der Waals surface area contributed by atoms with E-state index in [2.05, 4.69) is 25.7 Å². The molecule has 0 unspecified atom stereocenters. The Morgan fingerprint density at radius 1 is 1.36 bits per heavy atom. The fourth-order valence-corrected chi connectivity index (χ4v) is 2.98. The molecule has 0 saturated carbocycles. The molecule has 0 bridgehead atoms. The van der Waals surface area contributed by atoms with Gasteiger partial charge >= 0.3 is 0 Å². The lowest BCUT2D eigenvalue weighted by Gasteiger charge is -2.15. The van der Waals surface area contributed by atoms with Crippen LogP contribution >= 0.6 is 0 Å². The van der Waals surface area contributed by atoms with E-state index in [1.165, 1.54) is 6.33 Å². The number of aryl methyl sites for hydroxylation is 1. The number of hydrogen-bond acceptors (Lipinski definition) is 6. The molecule has 1 saturated heterocycles. The fourth-order valence-electron chi connectivity index (χ4n) is 2.98. The minimum absolute atomic E-state index is 0.00463. The van der Waals surface area contributed by atoms with E-state index < -0.39 is 0 Å². The number of anilines is 1. The van der Waals surface area contributed by atoms with Crippen LogP contribution in [0.4, 0.5) is 5.95 Å². The number of rotatable bonds is 8. The second-order valence-electron chi connectivity index (χ2n) is 6.04. The first-order valence-electron chi connectivity index (χ1n) is 8.59. The fraction of sp³-hybridized carbons (Fsp3) is 0.562. The Kier molecular flexibility index (Phi) is 5.42. The summed E-state index contributed by atoms with van der Waals surface area (Å²) in [6, 6.07) is 0. The average molecular weight is 345 g/mol. The molecule has 3 heterocycles. The van der Waals surface area contributed by atoms with Crippen molar-refractivity contribution in [3.8, 4) is 0 Å². The highest BCUT2D eigenvalue weighted by Crippen LogP contribution is 2.13. The van der Waals surface area contributed by atoms with Crippen molar-refractivity contribution in [2.75, 3.05) is 32.0 Å². The molecule has 2 amide bonds. The summed E-state index contributed by atoms with van der Waals surface area (Å²) in [5.41, 5.74) is 1.62. The maximum Gasteiger partial charge on any atom is 0.227 e. The van der Waals surface area contributed by atoms with E-state index in [4.69, 9.17) is 0 Å². The Hall–Kier alpha value is -2.71. The summed E-state index contributed by atoms with van der Waals surface area (Å²) in [6.07, 6.45) is 6.54. The molecule has 1 aliphatic heterocycles. The quantitative estimate of drug-likeness (QED) is 0.664. The molecule has 2 aromatic rings. The number of likely N-dealkylation sites (tertiary alicyclic amines) is 1. The molecule has 0 spiro atoms. The summed E-state index contributed by atoms with van der Waals surface area (Å²) < 4.78 is 1.63. The van der Waals surface area contributed by atoms with Gasteiger partial charge in [-0.25, -0.2) is 9.97 Å². The molecule has 3 rings (SSSR count). The van der Waals surface area contributed by atoms with Crippen molar-refractivity contribution in [1.29, 1.82) is 0 Å². The summed E-state index contributed by atoms with van der Waals surface area (Å²) in [6.45, 7) is 2.15. The number of nitrogens with one attached hydrogen (secondary N) is 2. The van der Waals surface area contributed by atoms with Crippen molar-refractivity contribution < 1.29 is 9.59 Å². The van der Waals surface area contributed by atoms with Crippen molar-refractivity contribution in [2.24, 2.45) is 0 Å². The van der Waals surface area contributed by atoms with E-state index in [0.29, 0.717) is 37.4 Å². The summed E-state index contributed by atoms with van der Waals surface area (Å²) in [5, 5.41) is 10.1. The van der Waals surface area contributed by atoms with E-state index in [9.17, 15) is 9.59 Å². The van der Waals surface area contributed by atoms with Gasteiger partial charge in [-0.1, -0.05) is 0 Å². The average Bonchev–Trinajstić information content (AvgIpc) is 3.22. The first-order chi connectivity index (χ1) is 12.2. The SMILES string of the molecule is CNc1ncnc2c(CCC(=O)NCCCN3CCCC3=O)cnn12. The third-order valence-corrected chi connectivity index (χ3v) is 4.32. The zero-order valence-corrected chi connectivity index (χ0v) is 14.4. The third-order valence-electron chi connectivity index (χ3n) is 4.32. The summed E-state index contributed by atoms with van der Waals surface area (Å²) in [5.74, 6) is 0.828. The molecule has 0 radical (unpaired) electrons. The number of hydrogen-bond donors (Lipinski definition) is 2. The van der Waals surface area contributed by atoms with Gasteiger partial charge in [0.05, 0.1) is 6.20 Å². The maximum atomic E-state index is 12.0. The van der Waals surface area contributed by atoms with Gasteiger partial charge < -0.3 is 15.5 Å². The predicted octanol–water partition coefficient (Wildman–Crippen LogP) is 0.227. The highest BCUT2D eigenvalue weighted by Gasteiger charge is 2.19. The Morgan fingerprint density at radius 2 is 2.24 bits per heavy atom. The molecule has 25 heavy (non-hydrogen) atoms. The number of amides is 2. The number of carbonyl (C=O) groups excluding carboxylic acids is 2. The summed E-state index contributed by atoms with van der Waals surface area (Å²) >= 11 is 0. The van der Waals surface area contributed by atoms with Crippen LogP contribution in [0, 0.1) is 0 Å². The normalized spacial score (nSPS) is 14.3. The second kappa shape index (κ2) is 7.91. The molecule has 1 fully saturated rings.